The highest BCUT2D eigenvalue weighted by Gasteiger charge is 2.54. The van der Waals surface area contributed by atoms with Crippen LogP contribution in [0.1, 0.15) is 83.9 Å². The Kier molecular flexibility index (Phi) is 4.53. The van der Waals surface area contributed by atoms with E-state index in [4.69, 9.17) is 9.47 Å². The first-order valence-electron chi connectivity index (χ1n) is 13.0. The third-order valence-electron chi connectivity index (χ3n) is 8.94. The van der Waals surface area contributed by atoms with Gasteiger partial charge in [0.15, 0.2) is 11.5 Å². The van der Waals surface area contributed by atoms with Crippen molar-refractivity contribution >= 4 is 10.8 Å². The molecule has 1 heterocycles. The van der Waals surface area contributed by atoms with Crippen molar-refractivity contribution in [2.45, 2.75) is 78.1 Å². The fourth-order valence-electron chi connectivity index (χ4n) is 8.42. The van der Waals surface area contributed by atoms with E-state index >= 15 is 0 Å². The zero-order valence-electron chi connectivity index (χ0n) is 22.3. The predicted molar refractivity (Wildman–Crippen MR) is 143 cm³/mol. The molecule has 3 aromatic carbocycles. The molecule has 1 N–H and O–H groups in total. The highest BCUT2D eigenvalue weighted by atomic mass is 16.5. The van der Waals surface area contributed by atoms with Crippen molar-refractivity contribution in [3.8, 4) is 28.4 Å². The second-order valence-corrected chi connectivity index (χ2v) is 13.5. The Labute approximate surface area is 209 Å². The lowest BCUT2D eigenvalue weighted by molar-refractivity contribution is 0.0645. The second-order valence-electron chi connectivity index (χ2n) is 13.5. The monoisotopic (exact) mass is 470 g/mol. The largest absolute Gasteiger partial charge is 0.507 e. The Hall–Kier alpha value is -2.68. The van der Waals surface area contributed by atoms with Gasteiger partial charge in [0.05, 0.1) is 13.7 Å². The lowest BCUT2D eigenvalue weighted by Gasteiger charge is -2.51. The number of hydrogen-bond acceptors (Lipinski definition) is 3. The van der Waals surface area contributed by atoms with E-state index in [0.717, 1.165) is 35.8 Å². The lowest BCUT2D eigenvalue weighted by atomic mass is 9.52. The van der Waals surface area contributed by atoms with Gasteiger partial charge in [-0.3, -0.25) is 0 Å². The van der Waals surface area contributed by atoms with Gasteiger partial charge >= 0.3 is 0 Å². The van der Waals surface area contributed by atoms with Crippen LogP contribution in [0.4, 0.5) is 0 Å². The van der Waals surface area contributed by atoms with E-state index in [2.05, 4.69) is 71.9 Å². The number of fused-ring (bicyclic) bond motifs is 9. The topological polar surface area (TPSA) is 38.7 Å². The summed E-state index contributed by atoms with van der Waals surface area (Å²) in [4.78, 5) is 0. The van der Waals surface area contributed by atoms with Crippen molar-refractivity contribution < 1.29 is 14.6 Å². The standard InChI is InChI=1S/C32H38O3/c1-29(2)16-30(3,4)18-32(17-29)21-11-9-8-10-19(21)25-22(32)15-23(33)20-14-24(34-7)28-27(26(20)25)31(5,6)12-13-35-28/h8-11,14-15,33H,12-13,16-18H2,1-7H3. The highest BCUT2D eigenvalue weighted by molar-refractivity contribution is 6.09. The molecule has 0 radical (unpaired) electrons. The van der Waals surface area contributed by atoms with Crippen LogP contribution >= 0.6 is 0 Å². The molecular weight excluding hydrogens is 432 g/mol. The van der Waals surface area contributed by atoms with E-state index in [1.54, 1.807) is 7.11 Å². The molecule has 0 atom stereocenters. The summed E-state index contributed by atoms with van der Waals surface area (Å²) in [7, 11) is 1.69. The maximum atomic E-state index is 11.6. The van der Waals surface area contributed by atoms with E-state index in [0.29, 0.717) is 18.1 Å². The van der Waals surface area contributed by atoms with Gasteiger partial charge in [0.2, 0.25) is 0 Å². The molecule has 1 saturated carbocycles. The van der Waals surface area contributed by atoms with Gasteiger partial charge in [-0.1, -0.05) is 65.8 Å². The van der Waals surface area contributed by atoms with Crippen molar-refractivity contribution in [3.63, 3.8) is 0 Å². The number of phenolic OH excluding ortho intramolecular Hbond substituents is 1. The molecular formula is C32H38O3. The minimum absolute atomic E-state index is 0.0995. The maximum absolute atomic E-state index is 11.6. The first kappa shape index (κ1) is 22.8. The number of methoxy groups -OCH3 is 1. The minimum atomic E-state index is -0.116. The van der Waals surface area contributed by atoms with Crippen LogP contribution in [0, 0.1) is 10.8 Å². The Morgan fingerprint density at radius 2 is 1.57 bits per heavy atom. The van der Waals surface area contributed by atoms with Crippen molar-refractivity contribution in [1.29, 1.82) is 0 Å². The maximum Gasteiger partial charge on any atom is 0.165 e. The van der Waals surface area contributed by atoms with Crippen LogP contribution in [0.5, 0.6) is 17.2 Å². The normalized spacial score (nSPS) is 22.3. The molecule has 3 nitrogen and oxygen atoms in total. The van der Waals surface area contributed by atoms with Crippen LogP contribution < -0.4 is 9.47 Å². The van der Waals surface area contributed by atoms with Gasteiger partial charge in [0.1, 0.15) is 5.75 Å². The molecule has 3 heteroatoms. The average Bonchev–Trinajstić information content (AvgIpc) is 2.99. The number of aromatic hydroxyl groups is 1. The zero-order chi connectivity index (χ0) is 25.0. The third-order valence-corrected chi connectivity index (χ3v) is 8.94. The Morgan fingerprint density at radius 3 is 2.26 bits per heavy atom. The van der Waals surface area contributed by atoms with Gasteiger partial charge in [0, 0.05) is 21.8 Å². The first-order chi connectivity index (χ1) is 16.4. The van der Waals surface area contributed by atoms with Gasteiger partial charge in [-0.2, -0.15) is 0 Å². The minimum Gasteiger partial charge on any atom is -0.507 e. The predicted octanol–water partition coefficient (Wildman–Crippen LogP) is 8.12. The van der Waals surface area contributed by atoms with Gasteiger partial charge in [-0.15, -0.1) is 0 Å². The molecule has 0 unspecified atom stereocenters. The van der Waals surface area contributed by atoms with E-state index in [-0.39, 0.29) is 21.7 Å². The molecule has 0 aromatic heterocycles. The molecule has 1 aliphatic heterocycles. The summed E-state index contributed by atoms with van der Waals surface area (Å²) in [6.45, 7) is 14.9. The Morgan fingerprint density at radius 1 is 0.886 bits per heavy atom. The smallest absolute Gasteiger partial charge is 0.165 e. The fourth-order valence-corrected chi connectivity index (χ4v) is 8.42. The molecule has 184 valence electrons. The zero-order valence-corrected chi connectivity index (χ0v) is 22.3. The van der Waals surface area contributed by atoms with E-state index in [9.17, 15) is 5.11 Å². The van der Waals surface area contributed by atoms with E-state index < -0.39 is 0 Å². The summed E-state index contributed by atoms with van der Waals surface area (Å²) >= 11 is 0. The first-order valence-corrected chi connectivity index (χ1v) is 13.0. The van der Waals surface area contributed by atoms with Crippen LogP contribution in [-0.4, -0.2) is 18.8 Å². The SMILES string of the molecule is COc1cc2c(O)cc3c(c2c2c1OCCC2(C)C)-c1ccccc1C31CC(C)(C)CC(C)(C)C1. The van der Waals surface area contributed by atoms with Gasteiger partial charge in [0.25, 0.3) is 0 Å². The fraction of sp³-hybridized carbons (Fsp3) is 0.500. The van der Waals surface area contributed by atoms with Crippen molar-refractivity contribution in [2.75, 3.05) is 13.7 Å². The molecule has 2 aliphatic carbocycles. The van der Waals surface area contributed by atoms with Crippen LogP contribution in [-0.2, 0) is 10.8 Å². The molecule has 0 saturated heterocycles. The number of ether oxygens (including phenoxy) is 2. The van der Waals surface area contributed by atoms with Crippen LogP contribution in [0.2, 0.25) is 0 Å². The van der Waals surface area contributed by atoms with E-state index in [1.165, 1.54) is 34.2 Å². The van der Waals surface area contributed by atoms with Gasteiger partial charge in [-0.25, -0.2) is 0 Å². The molecule has 0 bridgehead atoms. The quantitative estimate of drug-likeness (QED) is 0.390. The average molecular weight is 471 g/mol. The summed E-state index contributed by atoms with van der Waals surface area (Å²) in [5.74, 6) is 1.89. The summed E-state index contributed by atoms with van der Waals surface area (Å²) in [6, 6.07) is 13.0. The number of rotatable bonds is 1. The van der Waals surface area contributed by atoms with Crippen molar-refractivity contribution in [1.82, 2.24) is 0 Å². The summed E-state index contributed by atoms with van der Waals surface area (Å²) < 4.78 is 12.1. The third kappa shape index (κ3) is 3.09. The molecule has 3 aliphatic rings. The van der Waals surface area contributed by atoms with Gasteiger partial charge in [-0.05, 0) is 76.3 Å². The van der Waals surface area contributed by atoms with Crippen molar-refractivity contribution in [2.24, 2.45) is 10.8 Å². The number of phenols is 1. The van der Waals surface area contributed by atoms with Crippen molar-refractivity contribution in [3.05, 3.63) is 53.1 Å². The summed E-state index contributed by atoms with van der Waals surface area (Å²) in [5.41, 5.74) is 6.67. The van der Waals surface area contributed by atoms with Gasteiger partial charge < -0.3 is 14.6 Å². The van der Waals surface area contributed by atoms with Crippen LogP contribution in [0.15, 0.2) is 36.4 Å². The molecule has 6 rings (SSSR count). The number of benzene rings is 3. The number of hydrogen-bond donors (Lipinski definition) is 1. The molecule has 0 amide bonds. The molecule has 1 fully saturated rings. The highest BCUT2D eigenvalue weighted by Crippen LogP contribution is 2.66. The Balaban J connectivity index is 1.80. The van der Waals surface area contributed by atoms with Crippen LogP contribution in [0.3, 0.4) is 0 Å². The molecule has 3 aromatic rings. The second kappa shape index (κ2) is 6.96. The lowest BCUT2D eigenvalue weighted by Crippen LogP contribution is -2.43. The summed E-state index contributed by atoms with van der Waals surface area (Å²) in [6.07, 6.45) is 4.29. The summed E-state index contributed by atoms with van der Waals surface area (Å²) in [5, 5.41) is 13.6. The van der Waals surface area contributed by atoms with E-state index in [1.807, 2.05) is 6.07 Å². The Bertz CT molecular complexity index is 1360. The van der Waals surface area contributed by atoms with Crippen LogP contribution in [0.25, 0.3) is 21.9 Å². The molecule has 1 spiro atoms. The molecule has 35 heavy (non-hydrogen) atoms.